The number of nitrogens with one attached hydrogen (secondary N) is 1. The predicted molar refractivity (Wildman–Crippen MR) is 62.4 cm³/mol. The SMILES string of the molecule is CC(C(=O)O)=C(C)C(=O)NC1CCCCC1O. The molecule has 0 aromatic rings. The molecular weight excluding hydrogens is 222 g/mol. The Hall–Kier alpha value is -1.36. The van der Waals surface area contributed by atoms with Crippen LogP contribution in [0.1, 0.15) is 39.5 Å². The third kappa shape index (κ3) is 3.56. The monoisotopic (exact) mass is 241 g/mol. The maximum Gasteiger partial charge on any atom is 0.331 e. The van der Waals surface area contributed by atoms with Crippen molar-refractivity contribution >= 4 is 11.9 Å². The van der Waals surface area contributed by atoms with E-state index in [9.17, 15) is 14.7 Å². The Balaban J connectivity index is 2.65. The molecule has 2 unspecified atom stereocenters. The molecule has 5 nitrogen and oxygen atoms in total. The Bertz CT molecular complexity index is 348. The molecule has 0 bridgehead atoms. The number of aliphatic hydroxyl groups excluding tert-OH is 1. The van der Waals surface area contributed by atoms with Gasteiger partial charge in [0.25, 0.3) is 0 Å². The fourth-order valence-corrected chi connectivity index (χ4v) is 1.89. The lowest BCUT2D eigenvalue weighted by Crippen LogP contribution is -2.45. The molecule has 0 aromatic heterocycles. The maximum absolute atomic E-state index is 11.8. The average Bonchev–Trinajstić information content (AvgIpc) is 2.30. The van der Waals surface area contributed by atoms with Crippen molar-refractivity contribution < 1.29 is 19.8 Å². The minimum atomic E-state index is -1.10. The Kier molecular flexibility index (Phi) is 4.69. The summed E-state index contributed by atoms with van der Waals surface area (Å²) in [6.45, 7) is 2.88. The Morgan fingerprint density at radius 1 is 1.12 bits per heavy atom. The van der Waals surface area contributed by atoms with Gasteiger partial charge < -0.3 is 15.5 Å². The molecule has 5 heteroatoms. The van der Waals surface area contributed by atoms with Crippen LogP contribution >= 0.6 is 0 Å². The number of hydrogen-bond acceptors (Lipinski definition) is 3. The summed E-state index contributed by atoms with van der Waals surface area (Å²) in [5.74, 6) is -1.50. The van der Waals surface area contributed by atoms with Crippen LogP contribution in [0.5, 0.6) is 0 Å². The Morgan fingerprint density at radius 2 is 1.71 bits per heavy atom. The summed E-state index contributed by atoms with van der Waals surface area (Å²) >= 11 is 0. The highest BCUT2D eigenvalue weighted by molar-refractivity contribution is 6.01. The van der Waals surface area contributed by atoms with Gasteiger partial charge in [0.05, 0.1) is 12.1 Å². The molecule has 96 valence electrons. The van der Waals surface area contributed by atoms with Gasteiger partial charge in [0.15, 0.2) is 0 Å². The van der Waals surface area contributed by atoms with Crippen LogP contribution in [0.25, 0.3) is 0 Å². The molecule has 1 fully saturated rings. The molecule has 17 heavy (non-hydrogen) atoms. The number of aliphatic hydroxyl groups is 1. The maximum atomic E-state index is 11.8. The smallest absolute Gasteiger partial charge is 0.331 e. The normalized spacial score (nSPS) is 26.1. The molecule has 0 heterocycles. The van der Waals surface area contributed by atoms with Crippen molar-refractivity contribution in [3.05, 3.63) is 11.1 Å². The van der Waals surface area contributed by atoms with Crippen LogP contribution in [0.4, 0.5) is 0 Å². The van der Waals surface area contributed by atoms with Crippen LogP contribution in [0.15, 0.2) is 11.1 Å². The van der Waals surface area contributed by atoms with E-state index in [0.717, 1.165) is 19.3 Å². The first-order valence-electron chi connectivity index (χ1n) is 5.83. The van der Waals surface area contributed by atoms with Gasteiger partial charge in [-0.3, -0.25) is 4.79 Å². The number of carboxylic acids is 1. The highest BCUT2D eigenvalue weighted by atomic mass is 16.4. The lowest BCUT2D eigenvalue weighted by atomic mass is 9.92. The summed E-state index contributed by atoms with van der Waals surface area (Å²) in [4.78, 5) is 22.5. The number of carboxylic acid groups (broad SMARTS) is 1. The van der Waals surface area contributed by atoms with E-state index < -0.39 is 18.0 Å². The van der Waals surface area contributed by atoms with Crippen LogP contribution < -0.4 is 5.32 Å². The number of carbonyl (C=O) groups excluding carboxylic acids is 1. The van der Waals surface area contributed by atoms with E-state index in [-0.39, 0.29) is 17.2 Å². The first kappa shape index (κ1) is 13.7. The van der Waals surface area contributed by atoms with Crippen molar-refractivity contribution in [3.8, 4) is 0 Å². The number of rotatable bonds is 3. The second kappa shape index (κ2) is 5.82. The second-order valence-electron chi connectivity index (χ2n) is 4.49. The minimum absolute atomic E-state index is 0.0350. The topological polar surface area (TPSA) is 86.6 Å². The van der Waals surface area contributed by atoms with Gasteiger partial charge in [0, 0.05) is 11.1 Å². The van der Waals surface area contributed by atoms with Gasteiger partial charge in [-0.1, -0.05) is 12.8 Å². The molecule has 0 saturated heterocycles. The van der Waals surface area contributed by atoms with E-state index in [1.54, 1.807) is 0 Å². The third-order valence-electron chi connectivity index (χ3n) is 3.27. The van der Waals surface area contributed by atoms with Crippen molar-refractivity contribution in [1.82, 2.24) is 5.32 Å². The molecule has 2 atom stereocenters. The van der Waals surface area contributed by atoms with Gasteiger partial charge in [-0.2, -0.15) is 0 Å². The van der Waals surface area contributed by atoms with E-state index in [2.05, 4.69) is 5.32 Å². The van der Waals surface area contributed by atoms with Crippen LogP contribution in [-0.2, 0) is 9.59 Å². The zero-order valence-electron chi connectivity index (χ0n) is 10.2. The fourth-order valence-electron chi connectivity index (χ4n) is 1.89. The quantitative estimate of drug-likeness (QED) is 0.639. The van der Waals surface area contributed by atoms with Crippen molar-refractivity contribution in [3.63, 3.8) is 0 Å². The summed E-state index contributed by atoms with van der Waals surface area (Å²) in [7, 11) is 0. The summed E-state index contributed by atoms with van der Waals surface area (Å²) < 4.78 is 0. The fraction of sp³-hybridized carbons (Fsp3) is 0.667. The van der Waals surface area contributed by atoms with Crippen molar-refractivity contribution in [2.24, 2.45) is 0 Å². The summed E-state index contributed by atoms with van der Waals surface area (Å²) in [6, 6.07) is -0.257. The first-order valence-corrected chi connectivity index (χ1v) is 5.83. The molecule has 0 spiro atoms. The highest BCUT2D eigenvalue weighted by Crippen LogP contribution is 2.18. The third-order valence-corrected chi connectivity index (χ3v) is 3.27. The Labute approximate surface area is 101 Å². The number of aliphatic carboxylic acids is 1. The van der Waals surface area contributed by atoms with Gasteiger partial charge in [-0.15, -0.1) is 0 Å². The highest BCUT2D eigenvalue weighted by Gasteiger charge is 2.25. The van der Waals surface area contributed by atoms with Crippen molar-refractivity contribution in [2.75, 3.05) is 0 Å². The predicted octanol–water partition coefficient (Wildman–Crippen LogP) is 0.827. The summed E-state index contributed by atoms with van der Waals surface area (Å²) in [6.07, 6.45) is 2.85. The van der Waals surface area contributed by atoms with Gasteiger partial charge >= 0.3 is 5.97 Å². The Morgan fingerprint density at radius 3 is 2.24 bits per heavy atom. The van der Waals surface area contributed by atoms with E-state index in [4.69, 9.17) is 5.11 Å². The zero-order valence-corrected chi connectivity index (χ0v) is 10.2. The molecular formula is C12H19NO4. The van der Waals surface area contributed by atoms with Gasteiger partial charge in [-0.05, 0) is 26.7 Å². The van der Waals surface area contributed by atoms with E-state index in [0.29, 0.717) is 6.42 Å². The second-order valence-corrected chi connectivity index (χ2v) is 4.49. The van der Waals surface area contributed by atoms with Crippen LogP contribution in [-0.4, -0.2) is 34.2 Å². The standard InChI is InChI=1S/C12H19NO4/c1-7(8(2)12(16)17)11(15)13-9-5-3-4-6-10(9)14/h9-10,14H,3-6H2,1-2H3,(H,13,15)(H,16,17). The average molecular weight is 241 g/mol. The van der Waals surface area contributed by atoms with E-state index in [1.165, 1.54) is 13.8 Å². The van der Waals surface area contributed by atoms with Gasteiger partial charge in [0.1, 0.15) is 0 Å². The molecule has 0 aliphatic heterocycles. The lowest BCUT2D eigenvalue weighted by molar-refractivity contribution is -0.133. The molecule has 1 aliphatic rings. The van der Waals surface area contributed by atoms with Crippen LogP contribution in [0.3, 0.4) is 0 Å². The zero-order chi connectivity index (χ0) is 13.0. The number of carbonyl (C=O) groups is 2. The molecule has 0 aromatic carbocycles. The van der Waals surface area contributed by atoms with E-state index >= 15 is 0 Å². The largest absolute Gasteiger partial charge is 0.478 e. The summed E-state index contributed by atoms with van der Waals surface area (Å²) in [5, 5.41) is 21.2. The first-order chi connectivity index (χ1) is 7.93. The van der Waals surface area contributed by atoms with Gasteiger partial charge in [-0.25, -0.2) is 4.79 Å². The molecule has 1 aliphatic carbocycles. The van der Waals surface area contributed by atoms with E-state index in [1.807, 2.05) is 0 Å². The number of hydrogen-bond donors (Lipinski definition) is 3. The molecule has 0 radical (unpaired) electrons. The number of amides is 1. The molecule has 3 N–H and O–H groups in total. The molecule has 1 saturated carbocycles. The lowest BCUT2D eigenvalue weighted by Gasteiger charge is -2.28. The van der Waals surface area contributed by atoms with Crippen molar-refractivity contribution in [2.45, 2.75) is 51.7 Å². The van der Waals surface area contributed by atoms with Crippen LogP contribution in [0, 0.1) is 0 Å². The van der Waals surface area contributed by atoms with Gasteiger partial charge in [0.2, 0.25) is 5.91 Å². The molecule has 1 rings (SSSR count). The summed E-state index contributed by atoms with van der Waals surface area (Å²) in [5.41, 5.74) is 0.225. The molecule has 1 amide bonds. The van der Waals surface area contributed by atoms with Crippen LogP contribution in [0.2, 0.25) is 0 Å². The minimum Gasteiger partial charge on any atom is -0.478 e. The van der Waals surface area contributed by atoms with Crippen molar-refractivity contribution in [1.29, 1.82) is 0 Å².